The molecule has 0 saturated carbocycles. The van der Waals surface area contributed by atoms with Gasteiger partial charge >= 0.3 is 27.7 Å². The zero-order valence-corrected chi connectivity index (χ0v) is 8.32. The Morgan fingerprint density at radius 1 is 1.75 bits per heavy atom. The first-order valence-electron chi connectivity index (χ1n) is 0.996. The molecule has 21 valence electrons. The maximum Gasteiger partial charge on any atom is 1.00 e. The van der Waals surface area contributed by atoms with Crippen molar-refractivity contribution in [3.05, 3.63) is 0 Å². The summed E-state index contributed by atoms with van der Waals surface area (Å²) in [6, 6.07) is 0. The van der Waals surface area contributed by atoms with Crippen LogP contribution in [0.1, 0.15) is 6.92 Å². The van der Waals surface area contributed by atoms with E-state index in [-0.39, 0.29) is 34.3 Å². The first kappa shape index (κ1) is 8.86. The molecule has 0 aromatic rings. The van der Waals surface area contributed by atoms with Crippen LogP contribution >= 0.6 is 0 Å². The zero-order chi connectivity index (χ0) is 2.71. The Morgan fingerprint density at radius 3 is 1.75 bits per heavy atom. The Labute approximate surface area is 46.5 Å². The average Bonchev–Trinajstić information content (AvgIpc) is 0.918. The molecule has 0 aromatic carbocycles. The molecule has 0 aliphatic heterocycles. The van der Waals surface area contributed by atoms with Crippen LogP contribution < -0.4 is 5.11 Å². The van der Waals surface area contributed by atoms with Crippen molar-refractivity contribution >= 4 is 0 Å². The molecule has 0 aliphatic rings. The van der Waals surface area contributed by atoms with Crippen molar-refractivity contribution in [1.82, 2.24) is 0 Å². The summed E-state index contributed by atoms with van der Waals surface area (Å²) in [4.78, 5) is 0. The number of rotatable bonds is 0. The van der Waals surface area contributed by atoms with Gasteiger partial charge in [0.05, 0.1) is 0 Å². The van der Waals surface area contributed by atoms with E-state index in [9.17, 15) is 0 Å². The minimum atomic E-state index is 0. The van der Waals surface area contributed by atoms with Crippen LogP contribution in [0.5, 0.6) is 0 Å². The van der Waals surface area contributed by atoms with Crippen LogP contribution in [0.2, 0.25) is 0 Å². The minimum absolute atomic E-state index is 0. The Balaban J connectivity index is 0. The van der Waals surface area contributed by atoms with Crippen molar-refractivity contribution < 1.29 is 32.8 Å². The molecular weight excluding hydrogens is 241 g/mol. The second-order valence-corrected chi connectivity index (χ2v) is 0.289. The van der Waals surface area contributed by atoms with Crippen molar-refractivity contribution in [3.63, 3.8) is 0 Å². The third-order valence-corrected chi connectivity index (χ3v) is 0. The summed E-state index contributed by atoms with van der Waals surface area (Å²) in [7, 11) is 0. The van der Waals surface area contributed by atoms with E-state index in [0.29, 0.717) is 0 Å². The number of hydrogen-bond donors (Lipinski definition) is 0. The van der Waals surface area contributed by atoms with Gasteiger partial charge in [0, 0.05) is 0 Å². The molecule has 0 bridgehead atoms. The fourth-order valence-electron chi connectivity index (χ4n) is 0. The van der Waals surface area contributed by atoms with Crippen LogP contribution in [0.3, 0.4) is 0 Å². The quantitative estimate of drug-likeness (QED) is 0.521. The van der Waals surface area contributed by atoms with Gasteiger partial charge in [-0.05, 0) is 0 Å². The van der Waals surface area contributed by atoms with Crippen LogP contribution in [-0.2, 0) is 27.7 Å². The summed E-state index contributed by atoms with van der Waals surface area (Å²) in [5.41, 5.74) is 0. The van der Waals surface area contributed by atoms with Gasteiger partial charge in [0.2, 0.25) is 0 Å². The Hall–Kier alpha value is 0.895. The Morgan fingerprint density at radius 2 is 1.75 bits per heavy atom. The van der Waals surface area contributed by atoms with Crippen LogP contribution in [0.25, 0.3) is 0 Å². The summed E-state index contributed by atoms with van der Waals surface area (Å²) < 4.78 is 0. The van der Waals surface area contributed by atoms with E-state index >= 15 is 0 Å². The smallest absolute Gasteiger partial charge is 0.855 e. The van der Waals surface area contributed by atoms with Gasteiger partial charge in [0.15, 0.2) is 0 Å². The summed E-state index contributed by atoms with van der Waals surface area (Å²) in [5.74, 6) is 0. The summed E-state index contributed by atoms with van der Waals surface area (Å²) in [6.45, 7) is 1.57. The van der Waals surface area contributed by atoms with Crippen LogP contribution in [0.4, 0.5) is 0 Å². The SMILES string of the molecule is CC[O-].[Hg+]. The molecule has 0 heterocycles. The van der Waals surface area contributed by atoms with E-state index in [1.807, 2.05) is 0 Å². The van der Waals surface area contributed by atoms with Crippen molar-refractivity contribution in [3.8, 4) is 0 Å². The first-order valence-corrected chi connectivity index (χ1v) is 0.996. The molecule has 0 saturated heterocycles. The van der Waals surface area contributed by atoms with E-state index in [1.165, 1.54) is 0 Å². The summed E-state index contributed by atoms with van der Waals surface area (Å²) in [6.07, 6.45) is 0. The molecule has 1 radical (unpaired) electrons. The van der Waals surface area contributed by atoms with Crippen LogP contribution in [0.15, 0.2) is 0 Å². The van der Waals surface area contributed by atoms with Gasteiger partial charge in [-0.15, -0.1) is 6.61 Å². The molecular formula is C2H5HgO. The molecule has 0 fully saturated rings. The number of hydrogen-bond acceptors (Lipinski definition) is 1. The van der Waals surface area contributed by atoms with Gasteiger partial charge in [-0.25, -0.2) is 0 Å². The minimum Gasteiger partial charge on any atom is -0.855 e. The molecule has 0 aromatic heterocycles. The molecule has 0 spiro atoms. The van der Waals surface area contributed by atoms with E-state index in [2.05, 4.69) is 0 Å². The van der Waals surface area contributed by atoms with Gasteiger partial charge in [-0.2, -0.15) is 0 Å². The summed E-state index contributed by atoms with van der Waals surface area (Å²) in [5, 5.41) is 8.93. The van der Waals surface area contributed by atoms with Gasteiger partial charge < -0.3 is 5.11 Å². The zero-order valence-electron chi connectivity index (χ0n) is 2.82. The molecule has 0 rings (SSSR count). The van der Waals surface area contributed by atoms with Crippen molar-refractivity contribution in [2.75, 3.05) is 6.61 Å². The monoisotopic (exact) mass is 247 g/mol. The molecule has 0 unspecified atom stereocenters. The Bertz CT molecular complexity index is 6.00. The third kappa shape index (κ3) is 13.0. The normalized spacial score (nSPS) is 4.50. The van der Waals surface area contributed by atoms with Gasteiger partial charge in [0.25, 0.3) is 0 Å². The first-order chi connectivity index (χ1) is 1.41. The fourth-order valence-corrected chi connectivity index (χ4v) is 0. The van der Waals surface area contributed by atoms with Crippen molar-refractivity contribution in [2.45, 2.75) is 6.92 Å². The van der Waals surface area contributed by atoms with Crippen molar-refractivity contribution in [1.29, 1.82) is 0 Å². The molecule has 0 atom stereocenters. The predicted molar refractivity (Wildman–Crippen MR) is 10.5 cm³/mol. The third-order valence-electron chi connectivity index (χ3n) is 0. The Kier molecular flexibility index (Phi) is 20.1. The van der Waals surface area contributed by atoms with E-state index in [0.717, 1.165) is 0 Å². The second kappa shape index (κ2) is 9.09. The van der Waals surface area contributed by atoms with Gasteiger partial charge in [0.1, 0.15) is 0 Å². The molecule has 4 heavy (non-hydrogen) atoms. The maximum atomic E-state index is 8.93. The molecule has 2 heteroatoms. The van der Waals surface area contributed by atoms with Gasteiger partial charge in [-0.1, -0.05) is 6.92 Å². The topological polar surface area (TPSA) is 23.1 Å². The van der Waals surface area contributed by atoms with Gasteiger partial charge in [-0.3, -0.25) is 0 Å². The molecule has 1 nitrogen and oxygen atoms in total. The van der Waals surface area contributed by atoms with E-state index in [4.69, 9.17) is 5.11 Å². The fraction of sp³-hybridized carbons (Fsp3) is 1.00. The van der Waals surface area contributed by atoms with Crippen LogP contribution in [0, 0.1) is 0 Å². The molecule has 0 amide bonds. The summed E-state index contributed by atoms with van der Waals surface area (Å²) >= 11 is 0. The maximum absolute atomic E-state index is 8.93. The molecule has 0 aliphatic carbocycles. The predicted octanol–water partition coefficient (Wildman–Crippen LogP) is -0.636. The van der Waals surface area contributed by atoms with Crippen molar-refractivity contribution in [2.24, 2.45) is 0 Å². The van der Waals surface area contributed by atoms with Crippen LogP contribution in [-0.4, -0.2) is 6.61 Å². The second-order valence-electron chi connectivity index (χ2n) is 0.289. The molecule has 0 N–H and O–H groups in total. The largest absolute Gasteiger partial charge is 1.00 e. The van der Waals surface area contributed by atoms with E-state index in [1.54, 1.807) is 6.92 Å². The average molecular weight is 246 g/mol. The van der Waals surface area contributed by atoms with E-state index < -0.39 is 0 Å². The standard InChI is InChI=1S/C2H5O.Hg/c1-2-3;/h2H2,1H3;/q-1;+1.